The fourth-order valence-corrected chi connectivity index (χ4v) is 3.44. The van der Waals surface area contributed by atoms with Gasteiger partial charge >= 0.3 is 0 Å². The Morgan fingerprint density at radius 3 is 2.87 bits per heavy atom. The third-order valence-electron chi connectivity index (χ3n) is 3.08. The average molecular weight is 409 g/mol. The molecule has 1 amide bonds. The van der Waals surface area contributed by atoms with Crippen molar-refractivity contribution in [2.75, 3.05) is 5.32 Å². The molecule has 0 aliphatic carbocycles. The molecule has 0 saturated carbocycles. The Kier molecular flexibility index (Phi) is 4.75. The van der Waals surface area contributed by atoms with Gasteiger partial charge in [0.2, 0.25) is 0 Å². The van der Waals surface area contributed by atoms with Gasteiger partial charge < -0.3 is 0 Å². The molecule has 3 aromatic rings. The Morgan fingerprint density at radius 1 is 1.30 bits per heavy atom. The Hall–Kier alpha value is -1.76. The zero-order chi connectivity index (χ0) is 16.4. The summed E-state index contributed by atoms with van der Waals surface area (Å²) in [6, 6.07) is 9.20. The van der Waals surface area contributed by atoms with Crippen molar-refractivity contribution < 1.29 is 4.79 Å². The van der Waals surface area contributed by atoms with Gasteiger partial charge in [0.25, 0.3) is 5.91 Å². The van der Waals surface area contributed by atoms with Crippen LogP contribution in [0.15, 0.2) is 47.2 Å². The van der Waals surface area contributed by atoms with Gasteiger partial charge in [0.1, 0.15) is 0 Å². The van der Waals surface area contributed by atoms with Crippen molar-refractivity contribution in [1.29, 1.82) is 0 Å². The molecule has 0 radical (unpaired) electrons. The van der Waals surface area contributed by atoms with E-state index >= 15 is 0 Å². The zero-order valence-electron chi connectivity index (χ0n) is 12.0. The number of nitrogens with zero attached hydrogens (tertiary/aromatic N) is 2. The largest absolute Gasteiger partial charge is 0.298 e. The Labute approximate surface area is 150 Å². The van der Waals surface area contributed by atoms with Crippen LogP contribution in [-0.2, 0) is 0 Å². The second-order valence-electron chi connectivity index (χ2n) is 4.78. The molecule has 3 rings (SSSR count). The number of benzene rings is 1. The number of rotatable bonds is 3. The molecule has 4 nitrogen and oxygen atoms in total. The van der Waals surface area contributed by atoms with E-state index in [2.05, 4.69) is 31.2 Å². The van der Waals surface area contributed by atoms with Gasteiger partial charge in [0, 0.05) is 32.3 Å². The molecule has 0 aliphatic rings. The quantitative estimate of drug-likeness (QED) is 0.649. The second kappa shape index (κ2) is 6.78. The fourth-order valence-electron chi connectivity index (χ4n) is 2.06. The summed E-state index contributed by atoms with van der Waals surface area (Å²) < 4.78 is 0.750. The van der Waals surface area contributed by atoms with Crippen LogP contribution in [0, 0.1) is 6.92 Å². The van der Waals surface area contributed by atoms with E-state index in [0.29, 0.717) is 15.7 Å². The van der Waals surface area contributed by atoms with Crippen LogP contribution in [0.2, 0.25) is 5.02 Å². The van der Waals surface area contributed by atoms with E-state index < -0.39 is 0 Å². The van der Waals surface area contributed by atoms with Crippen molar-refractivity contribution in [2.45, 2.75) is 6.92 Å². The first-order valence-corrected chi connectivity index (χ1v) is 8.67. The fraction of sp³-hybridized carbons (Fsp3) is 0.0625. The average Bonchev–Trinajstić information content (AvgIpc) is 2.88. The number of carbonyl (C=O) groups is 1. The minimum Gasteiger partial charge on any atom is -0.298 e. The summed E-state index contributed by atoms with van der Waals surface area (Å²) in [5.74, 6) is -0.245. The van der Waals surface area contributed by atoms with Crippen molar-refractivity contribution in [2.24, 2.45) is 0 Å². The van der Waals surface area contributed by atoms with Crippen LogP contribution in [0.5, 0.6) is 0 Å². The first-order chi connectivity index (χ1) is 11.0. The van der Waals surface area contributed by atoms with Crippen LogP contribution in [0.1, 0.15) is 15.2 Å². The summed E-state index contributed by atoms with van der Waals surface area (Å²) in [6.07, 6.45) is 3.14. The highest BCUT2D eigenvalue weighted by Crippen LogP contribution is 2.31. The third kappa shape index (κ3) is 3.77. The van der Waals surface area contributed by atoms with Gasteiger partial charge in [-0.15, -0.1) is 11.3 Å². The van der Waals surface area contributed by atoms with Crippen molar-refractivity contribution in [1.82, 2.24) is 9.97 Å². The number of aromatic nitrogens is 2. The van der Waals surface area contributed by atoms with Gasteiger partial charge in [-0.25, -0.2) is 4.98 Å². The van der Waals surface area contributed by atoms with Crippen molar-refractivity contribution >= 4 is 49.9 Å². The number of thiazole rings is 1. The highest BCUT2D eigenvalue weighted by molar-refractivity contribution is 9.10. The first kappa shape index (κ1) is 16.1. The molecule has 23 heavy (non-hydrogen) atoms. The van der Waals surface area contributed by atoms with Gasteiger partial charge in [0.05, 0.1) is 11.3 Å². The number of pyridine rings is 1. The molecule has 2 aromatic heterocycles. The van der Waals surface area contributed by atoms with E-state index in [0.717, 1.165) is 20.6 Å². The lowest BCUT2D eigenvalue weighted by Gasteiger charge is -2.01. The van der Waals surface area contributed by atoms with Crippen LogP contribution < -0.4 is 5.32 Å². The van der Waals surface area contributed by atoms with E-state index in [-0.39, 0.29) is 5.91 Å². The molecule has 0 saturated heterocycles. The van der Waals surface area contributed by atoms with E-state index in [9.17, 15) is 4.79 Å². The Balaban J connectivity index is 1.85. The number of nitrogens with one attached hydrogen (secondary N) is 1. The summed E-state index contributed by atoms with van der Waals surface area (Å²) in [7, 11) is 0. The lowest BCUT2D eigenvalue weighted by Crippen LogP contribution is -2.11. The van der Waals surface area contributed by atoms with Crippen LogP contribution in [-0.4, -0.2) is 15.9 Å². The molecular weight excluding hydrogens is 398 g/mol. The van der Waals surface area contributed by atoms with Gasteiger partial charge in [-0.2, -0.15) is 0 Å². The minimum atomic E-state index is -0.245. The molecule has 0 bridgehead atoms. The van der Waals surface area contributed by atoms with Crippen LogP contribution in [0.3, 0.4) is 0 Å². The zero-order valence-corrected chi connectivity index (χ0v) is 15.2. The Bertz CT molecular complexity index is 881. The number of aryl methyl sites for hydroxylation is 1. The van der Waals surface area contributed by atoms with Gasteiger partial charge in [-0.3, -0.25) is 15.1 Å². The second-order valence-corrected chi connectivity index (χ2v) is 7.34. The van der Waals surface area contributed by atoms with E-state index in [1.54, 1.807) is 12.3 Å². The summed E-state index contributed by atoms with van der Waals surface area (Å²) in [4.78, 5) is 21.8. The predicted octanol–water partition coefficient (Wildman–Crippen LogP) is 5.18. The normalized spacial score (nSPS) is 10.6. The molecule has 0 unspecified atom stereocenters. The number of amides is 1. The third-order valence-corrected chi connectivity index (χ3v) is 4.64. The monoisotopic (exact) mass is 407 g/mol. The number of halogens is 2. The molecular formula is C16H11BrClN3OS. The molecule has 0 aliphatic heterocycles. The predicted molar refractivity (Wildman–Crippen MR) is 97.2 cm³/mol. The summed E-state index contributed by atoms with van der Waals surface area (Å²) in [6.45, 7) is 1.96. The topological polar surface area (TPSA) is 54.9 Å². The molecule has 1 aromatic carbocycles. The lowest BCUT2D eigenvalue weighted by molar-refractivity contribution is 0.102. The van der Waals surface area contributed by atoms with Crippen molar-refractivity contribution in [3.05, 3.63) is 62.7 Å². The van der Waals surface area contributed by atoms with E-state index in [1.165, 1.54) is 17.5 Å². The van der Waals surface area contributed by atoms with Crippen LogP contribution in [0.25, 0.3) is 11.3 Å². The maximum absolute atomic E-state index is 12.3. The van der Waals surface area contributed by atoms with Gasteiger partial charge in [-0.1, -0.05) is 23.7 Å². The van der Waals surface area contributed by atoms with Crippen molar-refractivity contribution in [3.63, 3.8) is 0 Å². The molecule has 0 fully saturated rings. The maximum atomic E-state index is 12.3. The van der Waals surface area contributed by atoms with Gasteiger partial charge in [-0.05, 0) is 41.1 Å². The summed E-state index contributed by atoms with van der Waals surface area (Å²) >= 11 is 10.8. The smallest absolute Gasteiger partial charge is 0.259 e. The Morgan fingerprint density at radius 2 is 2.13 bits per heavy atom. The SMILES string of the molecule is Cc1sc(NC(=O)c2cncc(Br)c2)nc1-c1cccc(Cl)c1. The molecule has 116 valence electrons. The standard InChI is InChI=1S/C16H11BrClN3OS/c1-9-14(10-3-2-4-13(18)6-10)20-16(23-9)21-15(22)11-5-12(17)8-19-7-11/h2-8H,1H3,(H,20,21,22). The molecule has 7 heteroatoms. The minimum absolute atomic E-state index is 0.245. The first-order valence-electron chi connectivity index (χ1n) is 6.68. The number of hydrogen-bond acceptors (Lipinski definition) is 4. The van der Waals surface area contributed by atoms with E-state index in [4.69, 9.17) is 11.6 Å². The molecule has 1 N–H and O–H groups in total. The highest BCUT2D eigenvalue weighted by Gasteiger charge is 2.14. The van der Waals surface area contributed by atoms with E-state index in [1.807, 2.05) is 31.2 Å². The number of anilines is 1. The van der Waals surface area contributed by atoms with Crippen LogP contribution in [0.4, 0.5) is 5.13 Å². The number of carbonyl (C=O) groups excluding carboxylic acids is 1. The number of hydrogen-bond donors (Lipinski definition) is 1. The lowest BCUT2D eigenvalue weighted by atomic mass is 10.1. The molecule has 2 heterocycles. The highest BCUT2D eigenvalue weighted by atomic mass is 79.9. The molecule has 0 spiro atoms. The van der Waals surface area contributed by atoms with Crippen LogP contribution >= 0.6 is 38.9 Å². The van der Waals surface area contributed by atoms with Crippen molar-refractivity contribution in [3.8, 4) is 11.3 Å². The van der Waals surface area contributed by atoms with Gasteiger partial charge in [0.15, 0.2) is 5.13 Å². The summed E-state index contributed by atoms with van der Waals surface area (Å²) in [5.41, 5.74) is 2.22. The summed E-state index contributed by atoms with van der Waals surface area (Å²) in [5, 5.41) is 4.00. The maximum Gasteiger partial charge on any atom is 0.259 e. The molecule has 0 atom stereocenters.